The molecule has 0 bridgehead atoms. The second kappa shape index (κ2) is 10.6. The Morgan fingerprint density at radius 2 is 0.896 bits per heavy atom. The van der Waals surface area contributed by atoms with Crippen molar-refractivity contribution in [3.8, 4) is 11.4 Å². The van der Waals surface area contributed by atoms with Gasteiger partial charge in [-0.25, -0.2) is 0 Å². The Labute approximate surface area is 279 Å². The molecular formula is C46H34N2. The van der Waals surface area contributed by atoms with Crippen molar-refractivity contribution in [2.75, 3.05) is 0 Å². The maximum atomic E-state index is 2.54. The summed E-state index contributed by atoms with van der Waals surface area (Å²) in [4.78, 5) is 0. The number of aromatic nitrogens is 2. The average Bonchev–Trinajstić information content (AvgIpc) is 3.66. The van der Waals surface area contributed by atoms with Gasteiger partial charge in [-0.05, 0) is 65.1 Å². The minimum absolute atomic E-state index is 0.454. The molecule has 1 aliphatic rings. The zero-order valence-corrected chi connectivity index (χ0v) is 26.9. The lowest BCUT2D eigenvalue weighted by Gasteiger charge is -2.21. The van der Waals surface area contributed by atoms with Gasteiger partial charge in [-0.1, -0.05) is 134 Å². The molecule has 0 spiro atoms. The van der Waals surface area contributed by atoms with Crippen LogP contribution in [0.25, 0.3) is 71.7 Å². The van der Waals surface area contributed by atoms with Crippen molar-refractivity contribution < 1.29 is 0 Å². The molecule has 0 saturated carbocycles. The van der Waals surface area contributed by atoms with Crippen LogP contribution in [0.3, 0.4) is 0 Å². The summed E-state index contributed by atoms with van der Waals surface area (Å²) in [5, 5.41) is 9.09. The molecule has 0 fully saturated rings. The lowest BCUT2D eigenvalue weighted by molar-refractivity contribution is 0.724. The molecule has 48 heavy (non-hydrogen) atoms. The van der Waals surface area contributed by atoms with Gasteiger partial charge in [0.15, 0.2) is 0 Å². The highest BCUT2D eigenvalue weighted by Gasteiger charge is 2.24. The Kier molecular flexibility index (Phi) is 6.01. The molecule has 0 N–H and O–H groups in total. The van der Waals surface area contributed by atoms with Gasteiger partial charge < -0.3 is 9.13 Å². The SMILES string of the molecule is CC1CC=Cc2c1n(-c1ccc(Cc3ccc(-n4c5ccccc5c5ccccc54)c4ccccc34)c3ccccc13)c1ccccc21. The first-order chi connectivity index (χ1) is 23.8. The predicted octanol–water partition coefficient (Wildman–Crippen LogP) is 12.1. The second-order valence-electron chi connectivity index (χ2n) is 13.3. The van der Waals surface area contributed by atoms with Gasteiger partial charge in [0, 0.05) is 44.1 Å². The summed E-state index contributed by atoms with van der Waals surface area (Å²) in [6, 6.07) is 53.8. The Morgan fingerprint density at radius 1 is 0.458 bits per heavy atom. The molecule has 2 nitrogen and oxygen atoms in total. The van der Waals surface area contributed by atoms with Crippen molar-refractivity contribution in [2.45, 2.75) is 25.7 Å². The van der Waals surface area contributed by atoms with E-state index in [0.29, 0.717) is 5.92 Å². The molecule has 1 atom stereocenters. The van der Waals surface area contributed by atoms with Crippen LogP contribution in [0.5, 0.6) is 0 Å². The van der Waals surface area contributed by atoms with E-state index in [1.807, 2.05) is 0 Å². The van der Waals surface area contributed by atoms with Crippen LogP contribution in [-0.2, 0) is 6.42 Å². The summed E-state index contributed by atoms with van der Waals surface area (Å²) in [6.45, 7) is 2.36. The summed E-state index contributed by atoms with van der Waals surface area (Å²) in [6.07, 6.45) is 6.59. The number of para-hydroxylation sites is 3. The molecule has 7 aromatic carbocycles. The molecule has 1 aliphatic carbocycles. The number of allylic oxidation sites excluding steroid dienone is 1. The van der Waals surface area contributed by atoms with Gasteiger partial charge in [-0.15, -0.1) is 0 Å². The number of rotatable bonds is 4. The molecule has 228 valence electrons. The zero-order valence-electron chi connectivity index (χ0n) is 26.9. The summed E-state index contributed by atoms with van der Waals surface area (Å²) >= 11 is 0. The van der Waals surface area contributed by atoms with E-state index < -0.39 is 0 Å². The van der Waals surface area contributed by atoms with Crippen LogP contribution in [-0.4, -0.2) is 9.13 Å². The van der Waals surface area contributed by atoms with Crippen LogP contribution < -0.4 is 0 Å². The van der Waals surface area contributed by atoms with Crippen molar-refractivity contribution in [2.24, 2.45) is 0 Å². The first-order valence-corrected chi connectivity index (χ1v) is 17.1. The van der Waals surface area contributed by atoms with Crippen LogP contribution in [0.2, 0.25) is 0 Å². The number of hydrogen-bond acceptors (Lipinski definition) is 0. The van der Waals surface area contributed by atoms with Crippen molar-refractivity contribution in [3.63, 3.8) is 0 Å². The number of fused-ring (bicyclic) bond motifs is 8. The van der Waals surface area contributed by atoms with Gasteiger partial charge in [0.25, 0.3) is 0 Å². The van der Waals surface area contributed by atoms with Crippen LogP contribution >= 0.6 is 0 Å². The first kappa shape index (κ1) is 27.3. The van der Waals surface area contributed by atoms with Crippen molar-refractivity contribution >= 4 is 60.3 Å². The third-order valence-electron chi connectivity index (χ3n) is 10.6. The first-order valence-electron chi connectivity index (χ1n) is 17.1. The Balaban J connectivity index is 1.15. The van der Waals surface area contributed by atoms with E-state index >= 15 is 0 Å². The van der Waals surface area contributed by atoms with E-state index in [-0.39, 0.29) is 0 Å². The molecule has 10 rings (SSSR count). The molecule has 0 saturated heterocycles. The van der Waals surface area contributed by atoms with Crippen LogP contribution in [0, 0.1) is 0 Å². The van der Waals surface area contributed by atoms with Crippen LogP contribution in [0.4, 0.5) is 0 Å². The maximum Gasteiger partial charge on any atom is 0.0541 e. The van der Waals surface area contributed by atoms with Crippen LogP contribution in [0.1, 0.15) is 41.6 Å². The van der Waals surface area contributed by atoms with Gasteiger partial charge in [0.2, 0.25) is 0 Å². The summed E-state index contributed by atoms with van der Waals surface area (Å²) < 4.78 is 4.99. The Bertz CT molecular complexity index is 2700. The Hall–Kier alpha value is -5.86. The third kappa shape index (κ3) is 3.93. The monoisotopic (exact) mass is 614 g/mol. The van der Waals surface area contributed by atoms with E-state index in [1.54, 1.807) is 0 Å². The zero-order chi connectivity index (χ0) is 31.8. The fourth-order valence-electron chi connectivity index (χ4n) is 8.48. The highest BCUT2D eigenvalue weighted by Crippen LogP contribution is 2.42. The highest BCUT2D eigenvalue weighted by atomic mass is 15.0. The minimum atomic E-state index is 0.454. The molecule has 2 heteroatoms. The molecule has 0 aliphatic heterocycles. The number of hydrogen-bond donors (Lipinski definition) is 0. The highest BCUT2D eigenvalue weighted by molar-refractivity contribution is 6.11. The van der Waals surface area contributed by atoms with E-state index in [0.717, 1.165) is 12.8 Å². The minimum Gasteiger partial charge on any atom is -0.312 e. The second-order valence-corrected chi connectivity index (χ2v) is 13.3. The van der Waals surface area contributed by atoms with E-state index in [2.05, 4.69) is 174 Å². The molecular weight excluding hydrogens is 581 g/mol. The molecule has 2 aromatic heterocycles. The van der Waals surface area contributed by atoms with E-state index in [4.69, 9.17) is 0 Å². The summed E-state index contributed by atoms with van der Waals surface area (Å²) in [5.74, 6) is 0.454. The summed E-state index contributed by atoms with van der Waals surface area (Å²) in [7, 11) is 0. The van der Waals surface area contributed by atoms with E-state index in [9.17, 15) is 0 Å². The fraction of sp³-hybridized carbons (Fsp3) is 0.0870. The number of benzene rings is 7. The van der Waals surface area contributed by atoms with Gasteiger partial charge in [-0.3, -0.25) is 0 Å². The van der Waals surface area contributed by atoms with E-state index in [1.165, 1.54) is 88.0 Å². The number of nitrogens with zero attached hydrogens (tertiary/aromatic N) is 2. The quantitative estimate of drug-likeness (QED) is 0.187. The molecule has 0 amide bonds. The average molecular weight is 615 g/mol. The topological polar surface area (TPSA) is 9.86 Å². The molecule has 0 radical (unpaired) electrons. The van der Waals surface area contributed by atoms with Crippen molar-refractivity contribution in [1.82, 2.24) is 9.13 Å². The molecule has 2 heterocycles. The van der Waals surface area contributed by atoms with Gasteiger partial charge in [0.1, 0.15) is 0 Å². The van der Waals surface area contributed by atoms with Crippen LogP contribution in [0.15, 0.2) is 152 Å². The van der Waals surface area contributed by atoms with Gasteiger partial charge >= 0.3 is 0 Å². The fourth-order valence-corrected chi connectivity index (χ4v) is 8.48. The molecule has 9 aromatic rings. The lowest BCUT2D eigenvalue weighted by Crippen LogP contribution is -2.08. The van der Waals surface area contributed by atoms with Gasteiger partial charge in [-0.2, -0.15) is 0 Å². The smallest absolute Gasteiger partial charge is 0.0541 e. The maximum absolute atomic E-state index is 2.54. The van der Waals surface area contributed by atoms with Gasteiger partial charge in [0.05, 0.1) is 27.9 Å². The Morgan fingerprint density at radius 3 is 1.46 bits per heavy atom. The normalized spacial score (nSPS) is 14.5. The predicted molar refractivity (Wildman–Crippen MR) is 204 cm³/mol. The van der Waals surface area contributed by atoms with Crippen molar-refractivity contribution in [1.29, 1.82) is 0 Å². The largest absolute Gasteiger partial charge is 0.312 e. The third-order valence-corrected chi connectivity index (χ3v) is 10.6. The summed E-state index contributed by atoms with van der Waals surface area (Å²) in [5.41, 5.74) is 11.7. The molecule has 1 unspecified atom stereocenters. The standard InChI is InChI=1S/C46H34N2/c1-30-13-12-21-40-39-20-8-11-24-43(39)48(46(30)40)45-28-26-32(34-15-3-5-17-36(34)45)29-31-25-27-44(35-16-4-2-14-33(31)35)47-41-22-9-6-18-37(41)38-19-7-10-23-42(38)47/h2-12,14-28,30H,13,29H2,1H3. The van der Waals surface area contributed by atoms with Crippen molar-refractivity contribution in [3.05, 3.63) is 174 Å². The lowest BCUT2D eigenvalue weighted by atomic mass is 9.92.